The molecule has 0 radical (unpaired) electrons. The van der Waals surface area contributed by atoms with Gasteiger partial charge in [-0.25, -0.2) is 9.97 Å². The first-order valence-electron chi connectivity index (χ1n) is 38.4. The molecule has 2 unspecified atom stereocenters. The molecule has 4 aromatic carbocycles. The minimum Gasteiger partial charge on any atom is -0.494 e. The first-order chi connectivity index (χ1) is 56.9. The average molecular weight is 1680 g/mol. The summed E-state index contributed by atoms with van der Waals surface area (Å²) in [5, 5.41) is 25.5. The zero-order valence-electron chi connectivity index (χ0n) is 63.5. The van der Waals surface area contributed by atoms with Gasteiger partial charge < -0.3 is 37.6 Å². The number of rotatable bonds is 22. The Morgan fingerprint density at radius 1 is 0.444 bits per heavy atom. The lowest BCUT2D eigenvalue weighted by molar-refractivity contribution is -0.137. The second-order valence-electron chi connectivity index (χ2n) is 28.9. The molecule has 4 aliphatic heterocycles. The molecule has 2 saturated carbocycles. The van der Waals surface area contributed by atoms with Crippen molar-refractivity contribution in [2.24, 2.45) is 14.1 Å². The van der Waals surface area contributed by atoms with Crippen molar-refractivity contribution in [2.45, 2.75) is 126 Å². The van der Waals surface area contributed by atoms with Crippen LogP contribution in [0.4, 0.5) is 0 Å². The van der Waals surface area contributed by atoms with Crippen LogP contribution in [-0.4, -0.2) is 156 Å². The number of unbranched alkanes of at least 4 members (excludes halogenated alkanes) is 4. The fraction of sp³-hybridized carbons (Fsp3) is 0.273. The number of fused-ring (bicyclic) bond motifs is 8. The number of pyridine rings is 4. The molecular weight excluding hydrogens is 1600 g/mol. The number of amides is 8. The summed E-state index contributed by atoms with van der Waals surface area (Å²) in [7, 11) is 4.16. The molecule has 0 bridgehead atoms. The number of ether oxygens (including phenoxy) is 6. The van der Waals surface area contributed by atoms with Crippen LogP contribution in [0.2, 0.25) is 0 Å². The van der Waals surface area contributed by atoms with E-state index in [4.69, 9.17) is 34.8 Å². The van der Waals surface area contributed by atoms with Gasteiger partial charge in [0.15, 0.2) is 0 Å². The van der Waals surface area contributed by atoms with E-state index < -0.39 is 59.3 Å². The highest BCUT2D eigenvalue weighted by molar-refractivity contribution is 14.1. The molecule has 2 saturated heterocycles. The average Bonchev–Trinajstić information content (AvgIpc) is 1.64. The Balaban J connectivity index is 0.000000146. The van der Waals surface area contributed by atoms with Crippen molar-refractivity contribution in [1.82, 2.24) is 69.9 Å². The maximum Gasteiger partial charge on any atom is 0.262 e. The zero-order chi connectivity index (χ0) is 80.8. The third kappa shape index (κ3) is 16.9. The van der Waals surface area contributed by atoms with E-state index in [2.05, 4.69) is 157 Å². The standard InChI is InChI=1S/C44H37N7O7.C25H20IN5O2.C19H18N2O5/c1-50-36-17-18-45-25-35(36)32-11-7-26(20-38(32)50)27-8-15-40(46-24-27)57-30-21-31(22-30)58-41-16-9-28(48-49-41)6-4-2-3-5-19-56-29-10-12-33-34(23-29)44(55)51(43(33)54)37-13-14-39(52)47-42(37)53;1-31-21-8-9-27-14-20(21)19-4-2-15(10-22(19)31)16-3-6-24(28-13-16)32-17-11-18(12-17)33-25-7-5-23(26)29-30-25;1-2-3-4-5-10-26-12-6-7-13-14(11-12)19(25)21(18(13)24)15-8-9-16(22)20-17(15)23/h7-12,15-18,20,23-25,30-31,37H,2-3,5,13-14,19,21-22H2,1H3,(H,47,52,53);2-10,13-14,17-18H,11-12H2,1H3;1,6-7,11,15H,3-5,8-10H2,(H,20,22,23). The fourth-order valence-corrected chi connectivity index (χ4v) is 15.2. The Bertz CT molecular complexity index is 6010. The van der Waals surface area contributed by atoms with Gasteiger partial charge in [0.2, 0.25) is 47.1 Å². The first kappa shape index (κ1) is 77.4. The summed E-state index contributed by atoms with van der Waals surface area (Å²) in [5.41, 5.74) is 10.3. The second kappa shape index (κ2) is 34.3. The van der Waals surface area contributed by atoms with Crippen LogP contribution in [0.15, 0.2) is 171 Å². The van der Waals surface area contributed by atoms with E-state index in [0.717, 1.165) is 97.1 Å². The summed E-state index contributed by atoms with van der Waals surface area (Å²) in [6.45, 7) is 0.850. The Morgan fingerprint density at radius 3 is 1.32 bits per heavy atom. The number of imide groups is 4. The van der Waals surface area contributed by atoms with Gasteiger partial charge in [-0.15, -0.1) is 32.7 Å². The molecule has 18 rings (SSSR count). The lowest BCUT2D eigenvalue weighted by Crippen LogP contribution is -2.54. The van der Waals surface area contributed by atoms with Gasteiger partial charge in [0, 0.05) is 171 Å². The number of hydrogen-bond acceptors (Lipinski definition) is 22. The quantitative estimate of drug-likeness (QED) is 0.0275. The smallest absolute Gasteiger partial charge is 0.262 e. The molecule has 0 spiro atoms. The van der Waals surface area contributed by atoms with Crippen molar-refractivity contribution in [2.75, 3.05) is 13.2 Å². The Kier molecular flexibility index (Phi) is 22.7. The molecule has 12 aromatic rings. The Labute approximate surface area is 683 Å². The topological polar surface area (TPSA) is 335 Å². The molecule has 2 N–H and O–H groups in total. The number of aromatic nitrogens is 10. The Morgan fingerprint density at radius 2 is 0.889 bits per heavy atom. The number of benzene rings is 4. The lowest BCUT2D eigenvalue weighted by atomic mass is 9.92. The van der Waals surface area contributed by atoms with Crippen molar-refractivity contribution >= 4 is 113 Å². The number of halogens is 1. The van der Waals surface area contributed by atoms with Crippen LogP contribution in [0, 0.1) is 27.9 Å². The normalized spacial score (nSPS) is 18.5. The number of carbonyl (C=O) groups is 8. The number of aryl methyl sites for hydroxylation is 2. The van der Waals surface area contributed by atoms with Crippen LogP contribution >= 0.6 is 22.6 Å². The van der Waals surface area contributed by atoms with E-state index in [1.807, 2.05) is 79.6 Å². The summed E-state index contributed by atoms with van der Waals surface area (Å²) >= 11 is 2.12. The van der Waals surface area contributed by atoms with E-state index in [9.17, 15) is 38.4 Å². The summed E-state index contributed by atoms with van der Waals surface area (Å²) in [5.74, 6) is 7.56. The number of nitrogens with zero attached hydrogens (tertiary/aromatic N) is 12. The van der Waals surface area contributed by atoms with E-state index in [1.54, 1.807) is 24.3 Å². The highest BCUT2D eigenvalue weighted by Gasteiger charge is 2.47. The van der Waals surface area contributed by atoms with Crippen LogP contribution in [0.25, 0.3) is 65.9 Å². The van der Waals surface area contributed by atoms with Crippen molar-refractivity contribution in [3.05, 3.63) is 202 Å². The van der Waals surface area contributed by atoms with Gasteiger partial charge in [-0.2, -0.15) is 0 Å². The van der Waals surface area contributed by atoms with Crippen molar-refractivity contribution < 1.29 is 66.8 Å². The Hall–Kier alpha value is -13.6. The first-order valence-corrected chi connectivity index (χ1v) is 39.5. The molecule has 28 nitrogen and oxygen atoms in total. The van der Waals surface area contributed by atoms with Crippen LogP contribution in [0.5, 0.6) is 35.0 Å². The third-order valence-corrected chi connectivity index (χ3v) is 21.8. The van der Waals surface area contributed by atoms with Crippen LogP contribution < -0.4 is 39.1 Å². The number of piperidine rings is 2. The van der Waals surface area contributed by atoms with Gasteiger partial charge in [-0.05, 0) is 163 Å². The SMILES string of the molecule is C#CCCCCOc1ccc2c(c1)C(=O)N(C1CCC(=O)NC1=O)C2=O.Cn1c2ccncc2c2ccc(-c3ccc(OC4CC(Oc5ccc(C#CCCCCOc6ccc7c(c6)C(=O)N(C6CCC(=O)NC6=O)C7=O)nn5)C4)nc3)cc21.Cn1c2ccncc2c2ccc(-c3ccc(OC4CC(Oc5ccc(I)nn5)C4)nc3)cc21. The maximum atomic E-state index is 13.0. The van der Waals surface area contributed by atoms with Crippen LogP contribution in [0.3, 0.4) is 0 Å². The van der Waals surface area contributed by atoms with E-state index >= 15 is 0 Å². The zero-order valence-corrected chi connectivity index (χ0v) is 65.6. The molecule has 117 heavy (non-hydrogen) atoms. The van der Waals surface area contributed by atoms with Crippen molar-refractivity contribution in [3.63, 3.8) is 0 Å². The molecular formula is C88H75IN14O14. The van der Waals surface area contributed by atoms with Crippen molar-refractivity contribution in [1.29, 1.82) is 0 Å². The minimum atomic E-state index is -1.01. The summed E-state index contributed by atoms with van der Waals surface area (Å²) in [4.78, 5) is 118. The van der Waals surface area contributed by atoms with Crippen LogP contribution in [0.1, 0.15) is 137 Å². The van der Waals surface area contributed by atoms with Gasteiger partial charge in [-0.1, -0.05) is 30.2 Å². The maximum absolute atomic E-state index is 13.0. The molecule has 12 heterocycles. The predicted octanol–water partition coefficient (Wildman–Crippen LogP) is 12.0. The molecule has 6 aliphatic rings. The summed E-state index contributed by atoms with van der Waals surface area (Å²) in [6.07, 6.45) is 24.5. The fourth-order valence-electron chi connectivity index (χ4n) is 14.9. The molecule has 588 valence electrons. The number of carbonyl (C=O) groups excluding carboxylic acids is 8. The molecule has 29 heteroatoms. The van der Waals surface area contributed by atoms with Crippen LogP contribution in [-0.2, 0) is 33.3 Å². The monoisotopic (exact) mass is 1680 g/mol. The van der Waals surface area contributed by atoms with E-state index in [1.165, 1.54) is 51.5 Å². The van der Waals surface area contributed by atoms with E-state index in [-0.39, 0.29) is 72.4 Å². The number of terminal acetylenes is 1. The predicted molar refractivity (Wildman–Crippen MR) is 436 cm³/mol. The van der Waals surface area contributed by atoms with Gasteiger partial charge >= 0.3 is 0 Å². The molecule has 4 fully saturated rings. The molecule has 8 amide bonds. The molecule has 2 atom stereocenters. The van der Waals surface area contributed by atoms with Gasteiger partial charge in [0.1, 0.15) is 57.4 Å². The highest BCUT2D eigenvalue weighted by Crippen LogP contribution is 2.38. The second-order valence-corrected chi connectivity index (χ2v) is 30.0. The third-order valence-electron chi connectivity index (χ3n) is 21.2. The van der Waals surface area contributed by atoms with Gasteiger partial charge in [0.05, 0.1) is 46.5 Å². The number of nitrogens with one attached hydrogen (secondary N) is 2. The highest BCUT2D eigenvalue weighted by atomic mass is 127. The lowest BCUT2D eigenvalue weighted by Gasteiger charge is -2.34. The van der Waals surface area contributed by atoms with Gasteiger partial charge in [0.25, 0.3) is 23.6 Å². The molecule has 8 aromatic heterocycles. The number of hydrogen-bond donors (Lipinski definition) is 2. The molecule has 2 aliphatic carbocycles. The minimum absolute atomic E-state index is 0.00806. The largest absolute Gasteiger partial charge is 0.494 e. The summed E-state index contributed by atoms with van der Waals surface area (Å²) < 4.78 is 40.6. The van der Waals surface area contributed by atoms with E-state index in [0.29, 0.717) is 73.2 Å². The van der Waals surface area contributed by atoms with Gasteiger partial charge in [-0.3, -0.25) is 68.8 Å². The van der Waals surface area contributed by atoms with Crippen molar-refractivity contribution in [3.8, 4) is 81.5 Å². The summed E-state index contributed by atoms with van der Waals surface area (Å²) in [6, 6.07) is 39.6.